The lowest BCUT2D eigenvalue weighted by molar-refractivity contribution is 0.0685. The van der Waals surface area contributed by atoms with Gasteiger partial charge in [0.05, 0.1) is 17.8 Å². The molecule has 0 aliphatic heterocycles. The number of hydrogen-bond acceptors (Lipinski definition) is 4. The van der Waals surface area contributed by atoms with Gasteiger partial charge in [0.1, 0.15) is 0 Å². The fraction of sp³-hybridized carbons (Fsp3) is 0.818. The van der Waals surface area contributed by atoms with Gasteiger partial charge in [0.2, 0.25) is 0 Å². The Hall–Kier alpha value is -0.940. The van der Waals surface area contributed by atoms with E-state index in [9.17, 15) is 5.11 Å². The van der Waals surface area contributed by atoms with Gasteiger partial charge in [-0.1, -0.05) is 18.1 Å². The molecule has 90 valence electrons. The zero-order valence-electron chi connectivity index (χ0n) is 9.55. The van der Waals surface area contributed by atoms with Gasteiger partial charge in [-0.05, 0) is 32.2 Å². The summed E-state index contributed by atoms with van der Waals surface area (Å²) >= 11 is 0. The van der Waals surface area contributed by atoms with Crippen LogP contribution in [0.4, 0.5) is 0 Å². The van der Waals surface area contributed by atoms with Gasteiger partial charge in [-0.15, -0.1) is 5.10 Å². The quantitative estimate of drug-likeness (QED) is 0.787. The molecule has 1 fully saturated rings. The van der Waals surface area contributed by atoms with Crippen molar-refractivity contribution in [2.75, 3.05) is 6.54 Å². The van der Waals surface area contributed by atoms with Crippen LogP contribution in [0.15, 0.2) is 6.20 Å². The predicted molar refractivity (Wildman–Crippen MR) is 60.9 cm³/mol. The standard InChI is InChI=1S/C11H20N4O/c12-7-3-4-9-8-15(14-13-9)10-5-1-2-6-11(10)16/h8,10-11,16H,1-7,12H2. The maximum Gasteiger partial charge on any atom is 0.0827 e. The molecular formula is C11H20N4O. The third-order valence-corrected chi connectivity index (χ3v) is 3.23. The largest absolute Gasteiger partial charge is 0.391 e. The Morgan fingerprint density at radius 3 is 3.00 bits per heavy atom. The summed E-state index contributed by atoms with van der Waals surface area (Å²) in [5.41, 5.74) is 6.43. The molecule has 1 aliphatic carbocycles. The summed E-state index contributed by atoms with van der Waals surface area (Å²) in [6.45, 7) is 0.679. The smallest absolute Gasteiger partial charge is 0.0827 e. The maximum absolute atomic E-state index is 9.90. The van der Waals surface area contributed by atoms with E-state index in [1.54, 1.807) is 0 Å². The number of nitrogens with zero attached hydrogens (tertiary/aromatic N) is 3. The van der Waals surface area contributed by atoms with Crippen molar-refractivity contribution in [2.24, 2.45) is 5.73 Å². The molecule has 5 heteroatoms. The Labute approximate surface area is 95.6 Å². The Morgan fingerprint density at radius 2 is 2.25 bits per heavy atom. The fourth-order valence-corrected chi connectivity index (χ4v) is 2.27. The number of nitrogens with two attached hydrogens (primary N) is 1. The average molecular weight is 224 g/mol. The van der Waals surface area contributed by atoms with Gasteiger partial charge < -0.3 is 10.8 Å². The number of hydrogen-bond donors (Lipinski definition) is 2. The monoisotopic (exact) mass is 224 g/mol. The summed E-state index contributed by atoms with van der Waals surface area (Å²) < 4.78 is 1.83. The van der Waals surface area contributed by atoms with E-state index < -0.39 is 0 Å². The molecule has 2 atom stereocenters. The molecule has 1 aromatic rings. The second kappa shape index (κ2) is 5.41. The first kappa shape index (κ1) is 11.5. The highest BCUT2D eigenvalue weighted by atomic mass is 16.3. The van der Waals surface area contributed by atoms with Crippen LogP contribution >= 0.6 is 0 Å². The van der Waals surface area contributed by atoms with E-state index in [1.165, 1.54) is 6.42 Å². The van der Waals surface area contributed by atoms with Gasteiger partial charge >= 0.3 is 0 Å². The normalized spacial score (nSPS) is 25.9. The predicted octanol–water partition coefficient (Wildman–Crippen LogP) is 0.645. The highest BCUT2D eigenvalue weighted by Gasteiger charge is 2.25. The van der Waals surface area contributed by atoms with Gasteiger partial charge in [0.25, 0.3) is 0 Å². The Bertz CT molecular complexity index is 326. The molecule has 2 unspecified atom stereocenters. The molecule has 2 rings (SSSR count). The molecule has 5 nitrogen and oxygen atoms in total. The number of aliphatic hydroxyl groups is 1. The lowest BCUT2D eigenvalue weighted by Crippen LogP contribution is -2.27. The molecule has 16 heavy (non-hydrogen) atoms. The van der Waals surface area contributed by atoms with Gasteiger partial charge in [-0.3, -0.25) is 0 Å². The molecule has 0 amide bonds. The van der Waals surface area contributed by atoms with Gasteiger partial charge in [0, 0.05) is 6.20 Å². The van der Waals surface area contributed by atoms with Crippen LogP contribution < -0.4 is 5.73 Å². The van der Waals surface area contributed by atoms with Crippen LogP contribution in [0.1, 0.15) is 43.8 Å². The molecule has 0 bridgehead atoms. The van der Waals surface area contributed by atoms with Crippen molar-refractivity contribution in [3.05, 3.63) is 11.9 Å². The minimum absolute atomic E-state index is 0.118. The third-order valence-electron chi connectivity index (χ3n) is 3.23. The molecule has 1 aliphatic rings. The highest BCUT2D eigenvalue weighted by molar-refractivity contribution is 4.95. The van der Waals surface area contributed by atoms with Crippen molar-refractivity contribution < 1.29 is 5.11 Å². The molecule has 1 aromatic heterocycles. The fourth-order valence-electron chi connectivity index (χ4n) is 2.27. The number of rotatable bonds is 4. The number of aromatic nitrogens is 3. The Balaban J connectivity index is 1.99. The molecule has 0 spiro atoms. The van der Waals surface area contributed by atoms with E-state index in [1.807, 2.05) is 10.9 Å². The molecule has 0 aromatic carbocycles. The van der Waals surface area contributed by atoms with Gasteiger partial charge in [-0.25, -0.2) is 4.68 Å². The number of aliphatic hydroxyl groups excluding tert-OH is 1. The number of aryl methyl sites for hydroxylation is 1. The second-order valence-electron chi connectivity index (χ2n) is 4.50. The second-order valence-corrected chi connectivity index (χ2v) is 4.50. The van der Waals surface area contributed by atoms with Crippen molar-refractivity contribution in [3.8, 4) is 0 Å². The minimum Gasteiger partial charge on any atom is -0.391 e. The molecular weight excluding hydrogens is 204 g/mol. The SMILES string of the molecule is NCCCc1cn(C2CCCCC2O)nn1. The van der Waals surface area contributed by atoms with Crippen molar-refractivity contribution in [1.29, 1.82) is 0 Å². The third kappa shape index (κ3) is 2.59. The van der Waals surface area contributed by atoms with Gasteiger partial charge in [-0.2, -0.15) is 0 Å². The van der Waals surface area contributed by atoms with Crippen LogP contribution in [0.3, 0.4) is 0 Å². The lowest BCUT2D eigenvalue weighted by Gasteiger charge is -2.27. The van der Waals surface area contributed by atoms with Crippen LogP contribution in [0.5, 0.6) is 0 Å². The Morgan fingerprint density at radius 1 is 1.44 bits per heavy atom. The maximum atomic E-state index is 9.90. The summed E-state index contributed by atoms with van der Waals surface area (Å²) in [4.78, 5) is 0. The minimum atomic E-state index is -0.266. The van der Waals surface area contributed by atoms with E-state index in [4.69, 9.17) is 5.73 Å². The highest BCUT2D eigenvalue weighted by Crippen LogP contribution is 2.27. The van der Waals surface area contributed by atoms with E-state index in [2.05, 4.69) is 10.3 Å². The van der Waals surface area contributed by atoms with Crippen LogP contribution in [0.25, 0.3) is 0 Å². The lowest BCUT2D eigenvalue weighted by atomic mass is 9.93. The summed E-state index contributed by atoms with van der Waals surface area (Å²) in [5, 5.41) is 18.1. The van der Waals surface area contributed by atoms with Crippen molar-refractivity contribution in [2.45, 2.75) is 50.7 Å². The molecule has 1 heterocycles. The summed E-state index contributed by atoms with van der Waals surface area (Å²) in [6, 6.07) is 0.118. The first-order valence-electron chi connectivity index (χ1n) is 6.10. The average Bonchev–Trinajstić information content (AvgIpc) is 2.75. The molecule has 3 N–H and O–H groups in total. The van der Waals surface area contributed by atoms with E-state index in [-0.39, 0.29) is 12.1 Å². The van der Waals surface area contributed by atoms with Crippen molar-refractivity contribution in [3.63, 3.8) is 0 Å². The summed E-state index contributed by atoms with van der Waals surface area (Å²) in [5.74, 6) is 0. The first-order valence-corrected chi connectivity index (χ1v) is 6.10. The topological polar surface area (TPSA) is 77.0 Å². The van der Waals surface area contributed by atoms with E-state index in [0.717, 1.165) is 37.8 Å². The Kier molecular flexibility index (Phi) is 3.90. The zero-order valence-corrected chi connectivity index (χ0v) is 9.55. The molecule has 0 saturated heterocycles. The summed E-state index contributed by atoms with van der Waals surface area (Å²) in [6.07, 6.45) is 7.66. The van der Waals surface area contributed by atoms with E-state index >= 15 is 0 Å². The zero-order chi connectivity index (χ0) is 11.4. The molecule has 1 saturated carbocycles. The van der Waals surface area contributed by atoms with Gasteiger partial charge in [0.15, 0.2) is 0 Å². The van der Waals surface area contributed by atoms with Crippen LogP contribution in [-0.2, 0) is 6.42 Å². The van der Waals surface area contributed by atoms with E-state index in [0.29, 0.717) is 6.54 Å². The van der Waals surface area contributed by atoms with Crippen LogP contribution in [-0.4, -0.2) is 32.7 Å². The summed E-state index contributed by atoms with van der Waals surface area (Å²) in [7, 11) is 0. The molecule has 0 radical (unpaired) electrons. The van der Waals surface area contributed by atoms with Crippen LogP contribution in [0.2, 0.25) is 0 Å². The van der Waals surface area contributed by atoms with Crippen molar-refractivity contribution >= 4 is 0 Å². The van der Waals surface area contributed by atoms with Crippen LogP contribution in [0, 0.1) is 0 Å². The van der Waals surface area contributed by atoms with Crippen molar-refractivity contribution in [1.82, 2.24) is 15.0 Å². The first-order chi connectivity index (χ1) is 7.81.